The summed E-state index contributed by atoms with van der Waals surface area (Å²) < 4.78 is 41.2. The number of ether oxygens (including phenoxy) is 1. The van der Waals surface area contributed by atoms with Gasteiger partial charge in [0, 0.05) is 33.1 Å². The smallest absolute Gasteiger partial charge is 0.389 e. The van der Waals surface area contributed by atoms with Crippen LogP contribution in [0.1, 0.15) is 39.0 Å². The molecule has 1 fully saturated rings. The zero-order chi connectivity index (χ0) is 17.3. The number of alkyl halides is 3. The standard InChI is InChI=1S/C15H26F3N3O2/c1-3-23-13(22)12-6-10-21(11-7-12)14(19-2)20-9-5-4-8-15(16,17)18/h12H,3-11H2,1-2H3,(H,19,20). The summed E-state index contributed by atoms with van der Waals surface area (Å²) in [7, 11) is 1.65. The number of piperidine rings is 1. The third-order valence-electron chi connectivity index (χ3n) is 3.80. The summed E-state index contributed by atoms with van der Waals surface area (Å²) in [6.07, 6.45) is -2.88. The molecule has 1 aliphatic rings. The second kappa shape index (κ2) is 9.62. The monoisotopic (exact) mass is 337 g/mol. The highest BCUT2D eigenvalue weighted by molar-refractivity contribution is 5.80. The number of carbonyl (C=O) groups is 1. The van der Waals surface area contributed by atoms with Gasteiger partial charge in [-0.25, -0.2) is 0 Å². The molecule has 134 valence electrons. The van der Waals surface area contributed by atoms with Crippen molar-refractivity contribution in [1.29, 1.82) is 0 Å². The Morgan fingerprint density at radius 2 is 1.96 bits per heavy atom. The number of guanidine groups is 1. The number of unbranched alkanes of at least 4 members (excludes halogenated alkanes) is 1. The van der Waals surface area contributed by atoms with Crippen molar-refractivity contribution in [3.8, 4) is 0 Å². The predicted octanol–water partition coefficient (Wildman–Crippen LogP) is 2.57. The van der Waals surface area contributed by atoms with E-state index >= 15 is 0 Å². The minimum atomic E-state index is -4.09. The number of halogens is 3. The summed E-state index contributed by atoms with van der Waals surface area (Å²) in [6, 6.07) is 0. The number of nitrogens with zero attached hydrogens (tertiary/aromatic N) is 2. The fourth-order valence-electron chi connectivity index (χ4n) is 2.57. The molecule has 1 saturated heterocycles. The number of likely N-dealkylation sites (tertiary alicyclic amines) is 1. The van der Waals surface area contributed by atoms with Crippen molar-refractivity contribution in [3.05, 3.63) is 0 Å². The van der Waals surface area contributed by atoms with Crippen LogP contribution in [0, 0.1) is 5.92 Å². The normalized spacial score (nSPS) is 17.3. The first-order valence-corrected chi connectivity index (χ1v) is 8.06. The lowest BCUT2D eigenvalue weighted by Crippen LogP contribution is -2.46. The first-order valence-electron chi connectivity index (χ1n) is 8.06. The van der Waals surface area contributed by atoms with Crippen molar-refractivity contribution >= 4 is 11.9 Å². The zero-order valence-corrected chi connectivity index (χ0v) is 13.8. The fraction of sp³-hybridized carbons (Fsp3) is 0.867. The van der Waals surface area contributed by atoms with E-state index in [-0.39, 0.29) is 18.3 Å². The third-order valence-corrected chi connectivity index (χ3v) is 3.80. The van der Waals surface area contributed by atoms with E-state index in [1.165, 1.54) is 0 Å². The molecule has 23 heavy (non-hydrogen) atoms. The maximum absolute atomic E-state index is 12.1. The molecule has 0 aromatic carbocycles. The molecule has 0 amide bonds. The van der Waals surface area contributed by atoms with Crippen LogP contribution in [0.15, 0.2) is 4.99 Å². The van der Waals surface area contributed by atoms with Gasteiger partial charge in [0.05, 0.1) is 12.5 Å². The van der Waals surface area contributed by atoms with Gasteiger partial charge >= 0.3 is 12.1 Å². The zero-order valence-electron chi connectivity index (χ0n) is 13.8. The molecule has 1 N–H and O–H groups in total. The first kappa shape index (κ1) is 19.6. The fourth-order valence-corrected chi connectivity index (χ4v) is 2.57. The van der Waals surface area contributed by atoms with E-state index < -0.39 is 12.6 Å². The molecule has 0 aliphatic carbocycles. The Morgan fingerprint density at radius 1 is 1.30 bits per heavy atom. The van der Waals surface area contributed by atoms with Crippen LogP contribution < -0.4 is 5.32 Å². The van der Waals surface area contributed by atoms with Gasteiger partial charge in [0.25, 0.3) is 0 Å². The number of rotatable bonds is 6. The summed E-state index contributed by atoms with van der Waals surface area (Å²) in [4.78, 5) is 17.9. The van der Waals surface area contributed by atoms with Gasteiger partial charge in [0.2, 0.25) is 0 Å². The Hall–Kier alpha value is -1.47. The molecule has 0 spiro atoms. The number of aliphatic imine (C=N–C) groups is 1. The lowest BCUT2D eigenvalue weighted by molar-refractivity contribution is -0.149. The molecule has 0 aromatic rings. The predicted molar refractivity (Wildman–Crippen MR) is 82.2 cm³/mol. The van der Waals surface area contributed by atoms with Crippen LogP contribution in [-0.4, -0.2) is 56.3 Å². The van der Waals surface area contributed by atoms with Crippen LogP contribution >= 0.6 is 0 Å². The Balaban J connectivity index is 2.27. The Kier molecular flexibility index (Phi) is 8.19. The van der Waals surface area contributed by atoms with E-state index in [0.717, 1.165) is 0 Å². The topological polar surface area (TPSA) is 53.9 Å². The van der Waals surface area contributed by atoms with Crippen LogP contribution in [0.4, 0.5) is 13.2 Å². The average Bonchev–Trinajstić information content (AvgIpc) is 2.50. The van der Waals surface area contributed by atoms with Gasteiger partial charge in [-0.05, 0) is 32.6 Å². The quantitative estimate of drug-likeness (QED) is 0.350. The van der Waals surface area contributed by atoms with Crippen molar-refractivity contribution in [2.45, 2.75) is 45.2 Å². The van der Waals surface area contributed by atoms with Gasteiger partial charge in [-0.15, -0.1) is 0 Å². The van der Waals surface area contributed by atoms with Crippen molar-refractivity contribution in [1.82, 2.24) is 10.2 Å². The van der Waals surface area contributed by atoms with E-state index in [2.05, 4.69) is 10.3 Å². The summed E-state index contributed by atoms with van der Waals surface area (Å²) >= 11 is 0. The Morgan fingerprint density at radius 3 is 2.48 bits per heavy atom. The molecule has 0 atom stereocenters. The largest absolute Gasteiger partial charge is 0.466 e. The van der Waals surface area contributed by atoms with E-state index in [9.17, 15) is 18.0 Å². The van der Waals surface area contributed by atoms with E-state index in [1.807, 2.05) is 4.90 Å². The maximum Gasteiger partial charge on any atom is 0.389 e. The summed E-state index contributed by atoms with van der Waals surface area (Å²) in [5.74, 6) is 0.456. The van der Waals surface area contributed by atoms with Crippen molar-refractivity contribution in [2.24, 2.45) is 10.9 Å². The van der Waals surface area contributed by atoms with Gasteiger partial charge < -0.3 is 15.0 Å². The SMILES string of the molecule is CCOC(=O)C1CCN(C(=NC)NCCCCC(F)(F)F)CC1. The molecule has 0 radical (unpaired) electrons. The minimum absolute atomic E-state index is 0.0731. The minimum Gasteiger partial charge on any atom is -0.466 e. The number of carbonyl (C=O) groups excluding carboxylic acids is 1. The van der Waals surface area contributed by atoms with E-state index in [1.54, 1.807) is 14.0 Å². The summed E-state index contributed by atoms with van der Waals surface area (Å²) in [5, 5.41) is 3.09. The van der Waals surface area contributed by atoms with E-state index in [0.29, 0.717) is 51.5 Å². The molecule has 5 nitrogen and oxygen atoms in total. The second-order valence-electron chi connectivity index (χ2n) is 5.56. The van der Waals surface area contributed by atoms with Crippen molar-refractivity contribution in [3.63, 3.8) is 0 Å². The molecule has 1 heterocycles. The molecular formula is C15H26F3N3O2. The van der Waals surface area contributed by atoms with Gasteiger partial charge in [-0.1, -0.05) is 0 Å². The summed E-state index contributed by atoms with van der Waals surface area (Å²) in [5.41, 5.74) is 0. The van der Waals surface area contributed by atoms with Crippen LogP contribution in [0.25, 0.3) is 0 Å². The molecule has 0 aromatic heterocycles. The molecule has 1 rings (SSSR count). The second-order valence-corrected chi connectivity index (χ2v) is 5.56. The first-order chi connectivity index (χ1) is 10.9. The molecule has 8 heteroatoms. The molecule has 0 saturated carbocycles. The van der Waals surface area contributed by atoms with Gasteiger partial charge in [-0.3, -0.25) is 9.79 Å². The van der Waals surface area contributed by atoms with E-state index in [4.69, 9.17) is 4.74 Å². The van der Waals surface area contributed by atoms with Gasteiger partial charge in [-0.2, -0.15) is 13.2 Å². The molecule has 1 aliphatic heterocycles. The highest BCUT2D eigenvalue weighted by Gasteiger charge is 2.28. The van der Waals surface area contributed by atoms with Crippen LogP contribution in [0.2, 0.25) is 0 Å². The average molecular weight is 337 g/mol. The Bertz CT molecular complexity index is 392. The lowest BCUT2D eigenvalue weighted by atomic mass is 9.97. The van der Waals surface area contributed by atoms with Crippen LogP contribution in [0.3, 0.4) is 0 Å². The third kappa shape index (κ3) is 7.56. The number of esters is 1. The number of hydrogen-bond donors (Lipinski definition) is 1. The molecule has 0 unspecified atom stereocenters. The Labute approximate surface area is 135 Å². The highest BCUT2D eigenvalue weighted by atomic mass is 19.4. The highest BCUT2D eigenvalue weighted by Crippen LogP contribution is 2.22. The summed E-state index contributed by atoms with van der Waals surface area (Å²) in [6.45, 7) is 4.01. The van der Waals surface area contributed by atoms with Crippen LogP contribution in [-0.2, 0) is 9.53 Å². The van der Waals surface area contributed by atoms with Crippen molar-refractivity contribution in [2.75, 3.05) is 33.3 Å². The van der Waals surface area contributed by atoms with Crippen molar-refractivity contribution < 1.29 is 22.7 Å². The maximum atomic E-state index is 12.1. The lowest BCUT2D eigenvalue weighted by Gasteiger charge is -2.33. The molecular weight excluding hydrogens is 311 g/mol. The van der Waals surface area contributed by atoms with Gasteiger partial charge in [0.1, 0.15) is 0 Å². The number of hydrogen-bond acceptors (Lipinski definition) is 3. The number of nitrogens with one attached hydrogen (secondary N) is 1. The van der Waals surface area contributed by atoms with Gasteiger partial charge in [0.15, 0.2) is 5.96 Å². The van der Waals surface area contributed by atoms with Crippen LogP contribution in [0.5, 0.6) is 0 Å². The molecule has 0 bridgehead atoms.